The first-order valence-electron chi connectivity index (χ1n) is 7.20. The van der Waals surface area contributed by atoms with Crippen molar-refractivity contribution in [3.63, 3.8) is 0 Å². The topological polar surface area (TPSA) is 48.3 Å². The monoisotopic (exact) mass is 421 g/mol. The Morgan fingerprint density at radius 3 is 2.62 bits per heavy atom. The Balaban J connectivity index is 2.35. The molecule has 6 heteroatoms. The third kappa shape index (κ3) is 6.34. The predicted molar refractivity (Wildman–Crippen MR) is 90.8 cm³/mol. The summed E-state index contributed by atoms with van der Waals surface area (Å²) in [5, 5.41) is 0.645. The van der Waals surface area contributed by atoms with Crippen LogP contribution >= 0.6 is 31.9 Å². The van der Waals surface area contributed by atoms with Gasteiger partial charge in [0.05, 0.1) is 6.61 Å². The molecule has 0 saturated heterocycles. The van der Waals surface area contributed by atoms with E-state index >= 15 is 0 Å². The van der Waals surface area contributed by atoms with Gasteiger partial charge in [0.25, 0.3) is 5.56 Å². The number of hydrogen-bond acceptors (Lipinski definition) is 3. The van der Waals surface area contributed by atoms with Crippen LogP contribution < -0.4 is 5.56 Å². The number of halogens is 2. The Bertz CT molecular complexity index is 514. The number of carbonyl (C=O) groups excluding carboxylic acids is 1. The van der Waals surface area contributed by atoms with Crippen LogP contribution in [0.1, 0.15) is 44.7 Å². The Morgan fingerprint density at radius 2 is 1.95 bits per heavy atom. The number of nitrogens with zero attached hydrogens (tertiary/aromatic N) is 1. The fourth-order valence-corrected chi connectivity index (χ4v) is 3.57. The lowest BCUT2D eigenvalue weighted by atomic mass is 10.1. The number of aromatic nitrogens is 1. The summed E-state index contributed by atoms with van der Waals surface area (Å²) in [5.74, 6) is -0.123. The van der Waals surface area contributed by atoms with Gasteiger partial charge in [-0.3, -0.25) is 9.59 Å². The average molecular weight is 423 g/mol. The van der Waals surface area contributed by atoms with Crippen LogP contribution in [0.3, 0.4) is 0 Å². The summed E-state index contributed by atoms with van der Waals surface area (Å²) in [5.41, 5.74) is 0.994. The summed E-state index contributed by atoms with van der Waals surface area (Å²) in [6.45, 7) is 2.97. The highest BCUT2D eigenvalue weighted by Crippen LogP contribution is 2.18. The number of pyridine rings is 1. The minimum Gasteiger partial charge on any atom is -0.466 e. The van der Waals surface area contributed by atoms with E-state index < -0.39 is 0 Å². The second-order valence-corrected chi connectivity index (χ2v) is 6.14. The number of esters is 1. The van der Waals surface area contributed by atoms with Crippen molar-refractivity contribution >= 4 is 37.8 Å². The summed E-state index contributed by atoms with van der Waals surface area (Å²) in [6.07, 6.45) is 4.24. The molecule has 1 aromatic rings. The lowest BCUT2D eigenvalue weighted by molar-refractivity contribution is -0.143. The van der Waals surface area contributed by atoms with Gasteiger partial charge in [0.15, 0.2) is 0 Å². The highest BCUT2D eigenvalue weighted by atomic mass is 79.9. The molecule has 0 aliphatic carbocycles. The quantitative estimate of drug-likeness (QED) is 0.343. The number of carbonyl (C=O) groups is 1. The fourth-order valence-electron chi connectivity index (χ4n) is 2.10. The van der Waals surface area contributed by atoms with Crippen molar-refractivity contribution in [2.75, 3.05) is 6.61 Å². The first kappa shape index (κ1) is 18.4. The minimum absolute atomic E-state index is 0.0270. The van der Waals surface area contributed by atoms with E-state index in [4.69, 9.17) is 4.74 Å². The molecular formula is C15H21Br2NO3. The maximum Gasteiger partial charge on any atom is 0.305 e. The molecule has 21 heavy (non-hydrogen) atoms. The molecule has 0 N–H and O–H groups in total. The molecule has 1 aromatic heterocycles. The van der Waals surface area contributed by atoms with E-state index in [0.717, 1.165) is 35.8 Å². The molecular weight excluding hydrogens is 402 g/mol. The summed E-state index contributed by atoms with van der Waals surface area (Å²) >= 11 is 6.88. The van der Waals surface area contributed by atoms with E-state index in [1.54, 1.807) is 16.7 Å². The first-order chi connectivity index (χ1) is 10.1. The molecule has 118 valence electrons. The summed E-state index contributed by atoms with van der Waals surface area (Å²) < 4.78 is 7.62. The van der Waals surface area contributed by atoms with E-state index in [0.29, 0.717) is 24.9 Å². The molecule has 0 unspecified atom stereocenters. The van der Waals surface area contributed by atoms with Crippen LogP contribution in [-0.4, -0.2) is 17.1 Å². The second-order valence-electron chi connectivity index (χ2n) is 4.72. The van der Waals surface area contributed by atoms with Crippen molar-refractivity contribution in [1.29, 1.82) is 0 Å². The molecule has 0 bridgehead atoms. The molecule has 0 aliphatic heterocycles. The van der Waals surface area contributed by atoms with E-state index in [9.17, 15) is 9.59 Å². The van der Waals surface area contributed by atoms with Gasteiger partial charge in [-0.1, -0.05) is 28.8 Å². The van der Waals surface area contributed by atoms with Crippen LogP contribution in [0.5, 0.6) is 0 Å². The zero-order valence-corrected chi connectivity index (χ0v) is 15.4. The maximum absolute atomic E-state index is 11.9. The van der Waals surface area contributed by atoms with Crippen molar-refractivity contribution in [2.24, 2.45) is 0 Å². The van der Waals surface area contributed by atoms with Crippen LogP contribution in [0.4, 0.5) is 0 Å². The van der Waals surface area contributed by atoms with Gasteiger partial charge in [0.2, 0.25) is 0 Å². The molecule has 0 aromatic carbocycles. The largest absolute Gasteiger partial charge is 0.466 e. The van der Waals surface area contributed by atoms with E-state index in [1.165, 1.54) is 0 Å². The third-order valence-corrected chi connectivity index (χ3v) is 4.44. The molecule has 0 amide bonds. The predicted octanol–water partition coefficient (Wildman–Crippen LogP) is 4.02. The number of rotatable bonds is 9. The van der Waals surface area contributed by atoms with Crippen molar-refractivity contribution < 1.29 is 9.53 Å². The van der Waals surface area contributed by atoms with Gasteiger partial charge >= 0.3 is 5.97 Å². The average Bonchev–Trinajstić information content (AvgIpc) is 2.46. The smallest absolute Gasteiger partial charge is 0.305 e. The molecule has 0 radical (unpaired) electrons. The van der Waals surface area contributed by atoms with Crippen LogP contribution in [0, 0.1) is 0 Å². The van der Waals surface area contributed by atoms with Crippen molar-refractivity contribution in [3.8, 4) is 0 Å². The first-order valence-corrected chi connectivity index (χ1v) is 9.11. The number of unbranched alkanes of at least 4 members (excludes halogenated alkanes) is 3. The molecule has 0 atom stereocenters. The number of hydrogen-bond donors (Lipinski definition) is 0. The van der Waals surface area contributed by atoms with Crippen LogP contribution in [0.2, 0.25) is 0 Å². The van der Waals surface area contributed by atoms with Gasteiger partial charge < -0.3 is 9.30 Å². The van der Waals surface area contributed by atoms with Gasteiger partial charge in [-0.05, 0) is 41.8 Å². The van der Waals surface area contributed by atoms with Gasteiger partial charge in [-0.15, -0.1) is 0 Å². The Hall–Kier alpha value is -0.620. The minimum atomic E-state index is -0.123. The zero-order valence-electron chi connectivity index (χ0n) is 12.2. The SMILES string of the molecule is CCOC(=O)CCCCCCn1c(CBr)c(Br)ccc1=O. The van der Waals surface area contributed by atoms with E-state index in [2.05, 4.69) is 31.9 Å². The Morgan fingerprint density at radius 1 is 1.24 bits per heavy atom. The Kier molecular flexibility index (Phi) is 8.92. The van der Waals surface area contributed by atoms with Gasteiger partial charge in [0, 0.05) is 34.5 Å². The van der Waals surface area contributed by atoms with Gasteiger partial charge in [-0.2, -0.15) is 0 Å². The number of alkyl halides is 1. The summed E-state index contributed by atoms with van der Waals surface area (Å²) in [4.78, 5) is 23.1. The zero-order chi connectivity index (χ0) is 15.7. The van der Waals surface area contributed by atoms with Crippen molar-refractivity contribution in [3.05, 3.63) is 32.7 Å². The molecule has 0 fully saturated rings. The highest BCUT2D eigenvalue weighted by Gasteiger charge is 2.07. The Labute approximate surface area is 142 Å². The summed E-state index contributed by atoms with van der Waals surface area (Å²) in [7, 11) is 0. The van der Waals surface area contributed by atoms with Crippen LogP contribution in [0.25, 0.3) is 0 Å². The molecule has 0 aliphatic rings. The fraction of sp³-hybridized carbons (Fsp3) is 0.600. The highest BCUT2D eigenvalue weighted by molar-refractivity contribution is 9.10. The van der Waals surface area contributed by atoms with Gasteiger partial charge in [-0.25, -0.2) is 0 Å². The maximum atomic E-state index is 11.9. The molecule has 1 heterocycles. The normalized spacial score (nSPS) is 10.6. The van der Waals surface area contributed by atoms with Crippen molar-refractivity contribution in [1.82, 2.24) is 4.57 Å². The van der Waals surface area contributed by atoms with E-state index in [-0.39, 0.29) is 11.5 Å². The van der Waals surface area contributed by atoms with Gasteiger partial charge in [0.1, 0.15) is 0 Å². The summed E-state index contributed by atoms with van der Waals surface area (Å²) in [6, 6.07) is 3.37. The lowest BCUT2D eigenvalue weighted by Gasteiger charge is -2.12. The molecule has 0 spiro atoms. The van der Waals surface area contributed by atoms with Crippen LogP contribution in [0.15, 0.2) is 21.4 Å². The lowest BCUT2D eigenvalue weighted by Crippen LogP contribution is -2.22. The molecule has 4 nitrogen and oxygen atoms in total. The van der Waals surface area contributed by atoms with E-state index in [1.807, 2.05) is 6.92 Å². The van der Waals surface area contributed by atoms with Crippen LogP contribution in [-0.2, 0) is 21.4 Å². The van der Waals surface area contributed by atoms with Crippen molar-refractivity contribution in [2.45, 2.75) is 50.9 Å². The second kappa shape index (κ2) is 10.2. The third-order valence-electron chi connectivity index (χ3n) is 3.18. The molecule has 1 rings (SSSR count). The molecule has 0 saturated carbocycles. The number of ether oxygens (including phenoxy) is 1. The standard InChI is InChI=1S/C15H21Br2NO3/c1-2-21-15(20)7-5-3-4-6-10-18-13(11-16)12(17)8-9-14(18)19/h8-9H,2-7,10-11H2,1H3.